The minimum atomic E-state index is -0.496. The molecule has 0 aliphatic heterocycles. The number of carbonyl (C=O) groups is 2. The number of halogens is 1. The summed E-state index contributed by atoms with van der Waals surface area (Å²) in [6.07, 6.45) is 2.86. The maximum absolute atomic E-state index is 12.5. The minimum Gasteiger partial charge on any atom is -0.324 e. The molecule has 0 radical (unpaired) electrons. The van der Waals surface area contributed by atoms with Crippen LogP contribution in [0.3, 0.4) is 0 Å². The molecule has 4 rings (SSSR count). The molecule has 1 atom stereocenters. The van der Waals surface area contributed by atoms with E-state index in [1.807, 2.05) is 6.07 Å². The van der Waals surface area contributed by atoms with Gasteiger partial charge in [0.25, 0.3) is 5.91 Å². The Hall–Kier alpha value is -3.08. The highest BCUT2D eigenvalue weighted by Gasteiger charge is 2.16. The van der Waals surface area contributed by atoms with E-state index in [0.717, 1.165) is 9.88 Å². The SMILES string of the molecule is CC(C(=O)Nc1ccc(NC(=O)c2csc(-c3ccc(Cl)s3)n2)cc1)n1cncn1. The number of thiazole rings is 1. The quantitative estimate of drug-likeness (QED) is 0.440. The van der Waals surface area contributed by atoms with Crippen LogP contribution in [0.1, 0.15) is 23.5 Å². The summed E-state index contributed by atoms with van der Waals surface area (Å²) in [5, 5.41) is 12.0. The van der Waals surface area contributed by atoms with Gasteiger partial charge in [-0.1, -0.05) is 11.6 Å². The van der Waals surface area contributed by atoms with Crippen LogP contribution in [-0.2, 0) is 4.79 Å². The summed E-state index contributed by atoms with van der Waals surface area (Å²) in [6, 6.07) is 10.0. The number of aromatic nitrogens is 4. The third-order valence-electron chi connectivity index (χ3n) is 4.14. The van der Waals surface area contributed by atoms with Crippen LogP contribution in [0.2, 0.25) is 4.34 Å². The van der Waals surface area contributed by atoms with Crippen molar-refractivity contribution in [2.75, 3.05) is 10.6 Å². The number of benzene rings is 1. The number of carbonyl (C=O) groups excluding carboxylic acids is 2. The second-order valence-corrected chi connectivity index (χ2v) is 8.79. The van der Waals surface area contributed by atoms with Crippen molar-refractivity contribution in [3.05, 3.63) is 64.5 Å². The van der Waals surface area contributed by atoms with Gasteiger partial charge in [0.1, 0.15) is 29.4 Å². The van der Waals surface area contributed by atoms with E-state index in [1.54, 1.807) is 42.6 Å². The van der Waals surface area contributed by atoms with Crippen molar-refractivity contribution in [3.8, 4) is 9.88 Å². The summed E-state index contributed by atoms with van der Waals surface area (Å²) in [4.78, 5) is 33.9. The zero-order valence-electron chi connectivity index (χ0n) is 15.6. The Balaban J connectivity index is 1.37. The number of thiophene rings is 1. The predicted octanol–water partition coefficient (Wildman–Crippen LogP) is 4.57. The lowest BCUT2D eigenvalue weighted by Gasteiger charge is -2.12. The molecule has 0 aliphatic carbocycles. The van der Waals surface area contributed by atoms with E-state index < -0.39 is 6.04 Å². The lowest BCUT2D eigenvalue weighted by molar-refractivity contribution is -0.119. The van der Waals surface area contributed by atoms with E-state index >= 15 is 0 Å². The van der Waals surface area contributed by atoms with Crippen LogP contribution in [0.4, 0.5) is 11.4 Å². The summed E-state index contributed by atoms with van der Waals surface area (Å²) in [5.41, 5.74) is 1.53. The molecule has 0 spiro atoms. The van der Waals surface area contributed by atoms with Crippen LogP contribution in [0, 0.1) is 0 Å². The van der Waals surface area contributed by atoms with E-state index in [2.05, 4.69) is 25.7 Å². The monoisotopic (exact) mass is 458 g/mol. The van der Waals surface area contributed by atoms with Gasteiger partial charge >= 0.3 is 0 Å². The third kappa shape index (κ3) is 4.56. The average molecular weight is 459 g/mol. The maximum atomic E-state index is 12.5. The first kappa shape index (κ1) is 20.2. The number of hydrogen-bond donors (Lipinski definition) is 2. The van der Waals surface area contributed by atoms with Crippen molar-refractivity contribution < 1.29 is 9.59 Å². The number of nitrogens with zero attached hydrogens (tertiary/aromatic N) is 4. The second-order valence-electron chi connectivity index (χ2n) is 6.21. The van der Waals surface area contributed by atoms with Crippen molar-refractivity contribution in [2.24, 2.45) is 0 Å². The van der Waals surface area contributed by atoms with Gasteiger partial charge in [-0.3, -0.25) is 9.59 Å². The molecule has 0 bridgehead atoms. The Kier molecular flexibility index (Phi) is 5.88. The van der Waals surface area contributed by atoms with Crippen molar-refractivity contribution in [1.29, 1.82) is 0 Å². The Morgan fingerprint density at radius 1 is 1.10 bits per heavy atom. The van der Waals surface area contributed by atoms with E-state index in [0.29, 0.717) is 21.4 Å². The van der Waals surface area contributed by atoms with Gasteiger partial charge in [0.05, 0.1) is 9.21 Å². The standard InChI is InChI=1S/C19H15ClN6O2S2/c1-11(26-10-21-9-22-26)17(27)23-12-2-4-13(5-3-12)24-18(28)14-8-29-19(25-14)15-6-7-16(20)30-15/h2-11H,1H3,(H,23,27)(H,24,28). The normalized spacial score (nSPS) is 11.8. The van der Waals surface area contributed by atoms with E-state index in [9.17, 15) is 9.59 Å². The lowest BCUT2D eigenvalue weighted by atomic mass is 10.2. The van der Waals surface area contributed by atoms with Crippen LogP contribution >= 0.6 is 34.3 Å². The highest BCUT2D eigenvalue weighted by Crippen LogP contribution is 2.33. The summed E-state index contributed by atoms with van der Waals surface area (Å²) in [7, 11) is 0. The van der Waals surface area contributed by atoms with Crippen molar-refractivity contribution in [3.63, 3.8) is 0 Å². The molecule has 0 saturated carbocycles. The van der Waals surface area contributed by atoms with Crippen LogP contribution in [0.25, 0.3) is 9.88 Å². The first-order valence-electron chi connectivity index (χ1n) is 8.77. The first-order valence-corrected chi connectivity index (χ1v) is 10.8. The second kappa shape index (κ2) is 8.74. The summed E-state index contributed by atoms with van der Waals surface area (Å²) in [6.45, 7) is 1.73. The molecule has 11 heteroatoms. The molecule has 152 valence electrons. The fourth-order valence-corrected chi connectivity index (χ4v) is 4.45. The molecule has 4 aromatic rings. The average Bonchev–Trinajstić information content (AvgIpc) is 3.50. The Bertz CT molecular complexity index is 1170. The number of amides is 2. The number of anilines is 2. The molecular formula is C19H15ClN6O2S2. The van der Waals surface area contributed by atoms with Crippen molar-refractivity contribution >= 4 is 57.5 Å². The fourth-order valence-electron chi connectivity index (χ4n) is 2.54. The van der Waals surface area contributed by atoms with Gasteiger partial charge in [0.2, 0.25) is 5.91 Å². The van der Waals surface area contributed by atoms with Gasteiger partial charge in [0.15, 0.2) is 0 Å². The number of rotatable bonds is 6. The fraction of sp³-hybridized carbons (Fsp3) is 0.105. The molecule has 0 saturated heterocycles. The molecule has 0 aliphatic rings. The molecular weight excluding hydrogens is 444 g/mol. The molecule has 2 amide bonds. The van der Waals surface area contributed by atoms with Crippen LogP contribution in [0.15, 0.2) is 54.4 Å². The van der Waals surface area contributed by atoms with Gasteiger partial charge in [-0.15, -0.1) is 22.7 Å². The van der Waals surface area contributed by atoms with Gasteiger partial charge in [-0.05, 0) is 43.3 Å². The number of hydrogen-bond acceptors (Lipinski definition) is 7. The number of nitrogens with one attached hydrogen (secondary N) is 2. The highest BCUT2D eigenvalue weighted by molar-refractivity contribution is 7.23. The molecule has 1 unspecified atom stereocenters. The molecule has 1 aromatic carbocycles. The molecule has 3 aromatic heterocycles. The smallest absolute Gasteiger partial charge is 0.275 e. The predicted molar refractivity (Wildman–Crippen MR) is 118 cm³/mol. The topological polar surface area (TPSA) is 102 Å². The molecule has 3 heterocycles. The molecule has 2 N–H and O–H groups in total. The largest absolute Gasteiger partial charge is 0.324 e. The summed E-state index contributed by atoms with van der Waals surface area (Å²) >= 11 is 8.76. The van der Waals surface area contributed by atoms with Crippen molar-refractivity contribution in [2.45, 2.75) is 13.0 Å². The molecule has 0 fully saturated rings. The van der Waals surface area contributed by atoms with Crippen molar-refractivity contribution in [1.82, 2.24) is 19.7 Å². The van der Waals surface area contributed by atoms with Crippen LogP contribution in [-0.4, -0.2) is 31.6 Å². The van der Waals surface area contributed by atoms with Crippen LogP contribution < -0.4 is 10.6 Å². The zero-order valence-corrected chi connectivity index (χ0v) is 18.0. The zero-order chi connectivity index (χ0) is 21.1. The van der Waals surface area contributed by atoms with Gasteiger partial charge in [-0.25, -0.2) is 14.6 Å². The molecule has 30 heavy (non-hydrogen) atoms. The third-order valence-corrected chi connectivity index (χ3v) is 6.39. The van der Waals surface area contributed by atoms with Gasteiger partial charge in [-0.2, -0.15) is 5.10 Å². The lowest BCUT2D eigenvalue weighted by Crippen LogP contribution is -2.24. The van der Waals surface area contributed by atoms with Gasteiger partial charge in [0, 0.05) is 16.8 Å². The molecule has 8 nitrogen and oxygen atoms in total. The Morgan fingerprint density at radius 3 is 2.47 bits per heavy atom. The van der Waals surface area contributed by atoms with Crippen LogP contribution in [0.5, 0.6) is 0 Å². The Labute approximate surface area is 184 Å². The van der Waals surface area contributed by atoms with E-state index in [-0.39, 0.29) is 11.8 Å². The van der Waals surface area contributed by atoms with E-state index in [1.165, 1.54) is 40.0 Å². The maximum Gasteiger partial charge on any atom is 0.275 e. The minimum absolute atomic E-state index is 0.221. The highest BCUT2D eigenvalue weighted by atomic mass is 35.5. The Morgan fingerprint density at radius 2 is 1.83 bits per heavy atom. The summed E-state index contributed by atoms with van der Waals surface area (Å²) < 4.78 is 2.14. The van der Waals surface area contributed by atoms with E-state index in [4.69, 9.17) is 11.6 Å². The first-order chi connectivity index (χ1) is 14.5. The van der Waals surface area contributed by atoms with Gasteiger partial charge < -0.3 is 10.6 Å². The summed E-state index contributed by atoms with van der Waals surface area (Å²) in [5.74, 6) is -0.530.